The van der Waals surface area contributed by atoms with Gasteiger partial charge in [-0.3, -0.25) is 4.98 Å². The van der Waals surface area contributed by atoms with E-state index in [2.05, 4.69) is 37.5 Å². The Morgan fingerprint density at radius 2 is 2.17 bits per heavy atom. The summed E-state index contributed by atoms with van der Waals surface area (Å²) in [6, 6.07) is 9.83. The van der Waals surface area contributed by atoms with Gasteiger partial charge in [-0.15, -0.1) is 0 Å². The Kier molecular flexibility index (Phi) is 4.70. The fourth-order valence-electron chi connectivity index (χ4n) is 3.41. The summed E-state index contributed by atoms with van der Waals surface area (Å²) in [6.45, 7) is 1.02. The van der Waals surface area contributed by atoms with Crippen molar-refractivity contribution in [1.29, 1.82) is 0 Å². The smallest absolute Gasteiger partial charge is 0.204 e. The van der Waals surface area contributed by atoms with Crippen LogP contribution in [0.2, 0.25) is 0 Å². The summed E-state index contributed by atoms with van der Waals surface area (Å²) in [5.74, 6) is 1.92. The van der Waals surface area contributed by atoms with E-state index in [1.807, 2.05) is 41.1 Å². The number of pyridine rings is 2. The van der Waals surface area contributed by atoms with Crippen LogP contribution < -0.4 is 14.2 Å². The van der Waals surface area contributed by atoms with Gasteiger partial charge in [0, 0.05) is 27.7 Å². The number of imidazole rings is 1. The molecule has 0 fully saturated rings. The number of ether oxygens (including phenoxy) is 3. The molecule has 0 radical (unpaired) electrons. The number of methoxy groups -OCH3 is 1. The largest absolute Gasteiger partial charge is 0.493 e. The van der Waals surface area contributed by atoms with Crippen molar-refractivity contribution in [2.45, 2.75) is 12.6 Å². The molecule has 3 aromatic heterocycles. The highest BCUT2D eigenvalue weighted by Gasteiger charge is 2.26. The lowest BCUT2D eigenvalue weighted by atomic mass is 10.1. The van der Waals surface area contributed by atoms with Crippen LogP contribution in [-0.2, 0) is 6.54 Å². The summed E-state index contributed by atoms with van der Waals surface area (Å²) in [7, 11) is 1.63. The normalized spacial score (nSPS) is 15.4. The number of rotatable bonds is 4. The lowest BCUT2D eigenvalue weighted by Crippen LogP contribution is -2.22. The molecule has 146 valence electrons. The third kappa shape index (κ3) is 3.48. The van der Waals surface area contributed by atoms with Crippen molar-refractivity contribution in [2.75, 3.05) is 13.7 Å². The lowest BCUT2D eigenvalue weighted by Gasteiger charge is -2.28. The van der Waals surface area contributed by atoms with E-state index in [9.17, 15) is 0 Å². The number of halogens is 1. The van der Waals surface area contributed by atoms with Crippen molar-refractivity contribution >= 4 is 33.8 Å². The molecule has 1 atom stereocenters. The van der Waals surface area contributed by atoms with Crippen LogP contribution in [0.1, 0.15) is 17.2 Å². The molecule has 0 saturated heterocycles. The first-order valence-corrected chi connectivity index (χ1v) is 10.2. The minimum absolute atomic E-state index is 0.222. The summed E-state index contributed by atoms with van der Waals surface area (Å²) in [4.78, 5) is 13.1. The Morgan fingerprint density at radius 1 is 1.24 bits per heavy atom. The van der Waals surface area contributed by atoms with Crippen molar-refractivity contribution in [3.05, 3.63) is 69.9 Å². The third-order valence-electron chi connectivity index (χ3n) is 4.78. The van der Waals surface area contributed by atoms with Crippen LogP contribution in [-0.4, -0.2) is 33.2 Å². The fraction of sp³-hybridized carbons (Fsp3) is 0.190. The molecule has 1 aliphatic heterocycles. The number of hydrogen-bond acceptors (Lipinski definition) is 6. The van der Waals surface area contributed by atoms with Gasteiger partial charge in [-0.05, 0) is 52.4 Å². The Labute approximate surface area is 180 Å². The van der Waals surface area contributed by atoms with Gasteiger partial charge in [0.25, 0.3) is 0 Å². The molecule has 4 aromatic rings. The standard InChI is InChI=1S/C21H17IN4O3/c1-27-17-5-13(10-26-12-25-16-7-15(22)9-24-21(16)26)6-18-20(17)29-19(11-28-18)14-3-2-4-23-8-14/h2-9,12,19H,10-11H2,1H3. The molecule has 7 nitrogen and oxygen atoms in total. The van der Waals surface area contributed by atoms with Gasteiger partial charge < -0.3 is 18.8 Å². The highest BCUT2D eigenvalue weighted by molar-refractivity contribution is 14.1. The molecule has 0 amide bonds. The molecule has 29 heavy (non-hydrogen) atoms. The topological polar surface area (TPSA) is 71.3 Å². The summed E-state index contributed by atoms with van der Waals surface area (Å²) < 4.78 is 20.9. The van der Waals surface area contributed by atoms with Gasteiger partial charge in [-0.2, -0.15) is 0 Å². The van der Waals surface area contributed by atoms with E-state index in [0.717, 1.165) is 25.9 Å². The van der Waals surface area contributed by atoms with Crippen molar-refractivity contribution in [3.8, 4) is 17.2 Å². The van der Waals surface area contributed by atoms with Crippen LogP contribution in [0.4, 0.5) is 0 Å². The molecule has 0 N–H and O–H groups in total. The second-order valence-corrected chi connectivity index (χ2v) is 7.94. The molecule has 0 bridgehead atoms. The number of hydrogen-bond donors (Lipinski definition) is 0. The van der Waals surface area contributed by atoms with Crippen molar-refractivity contribution in [1.82, 2.24) is 19.5 Å². The van der Waals surface area contributed by atoms with Crippen LogP contribution in [0.5, 0.6) is 17.2 Å². The number of benzene rings is 1. The van der Waals surface area contributed by atoms with E-state index in [4.69, 9.17) is 14.2 Å². The van der Waals surface area contributed by atoms with Gasteiger partial charge in [0.2, 0.25) is 5.75 Å². The lowest BCUT2D eigenvalue weighted by molar-refractivity contribution is 0.0867. The minimum atomic E-state index is -0.222. The summed E-state index contributed by atoms with van der Waals surface area (Å²) in [5, 5.41) is 0. The zero-order valence-corrected chi connectivity index (χ0v) is 17.7. The third-order valence-corrected chi connectivity index (χ3v) is 5.37. The molecule has 0 saturated carbocycles. The molecule has 1 aromatic carbocycles. The molecule has 1 aliphatic rings. The second-order valence-electron chi connectivity index (χ2n) is 6.70. The highest BCUT2D eigenvalue weighted by Crippen LogP contribution is 2.44. The maximum absolute atomic E-state index is 6.19. The summed E-state index contributed by atoms with van der Waals surface area (Å²) >= 11 is 2.24. The van der Waals surface area contributed by atoms with Crippen LogP contribution >= 0.6 is 22.6 Å². The van der Waals surface area contributed by atoms with Gasteiger partial charge in [0.1, 0.15) is 12.1 Å². The maximum atomic E-state index is 6.19. The average Bonchev–Trinajstić information content (AvgIpc) is 3.15. The Hall–Kier alpha value is -2.88. The van der Waals surface area contributed by atoms with E-state index >= 15 is 0 Å². The van der Waals surface area contributed by atoms with E-state index in [0.29, 0.717) is 30.4 Å². The van der Waals surface area contributed by atoms with Crippen molar-refractivity contribution < 1.29 is 14.2 Å². The van der Waals surface area contributed by atoms with Crippen LogP contribution in [0.15, 0.2) is 55.2 Å². The first kappa shape index (κ1) is 18.2. The molecule has 8 heteroatoms. The summed E-state index contributed by atoms with van der Waals surface area (Å²) in [6.07, 6.45) is 6.95. The van der Waals surface area contributed by atoms with Crippen LogP contribution in [0, 0.1) is 3.57 Å². The zero-order valence-electron chi connectivity index (χ0n) is 15.6. The predicted molar refractivity (Wildman–Crippen MR) is 115 cm³/mol. The number of fused-ring (bicyclic) bond motifs is 2. The average molecular weight is 500 g/mol. The van der Waals surface area contributed by atoms with Crippen molar-refractivity contribution in [2.24, 2.45) is 0 Å². The fourth-order valence-corrected chi connectivity index (χ4v) is 3.84. The Bertz CT molecular complexity index is 1160. The SMILES string of the molecule is COc1cc(Cn2cnc3cc(I)cnc32)cc2c1OC(c1cccnc1)CO2. The minimum Gasteiger partial charge on any atom is -0.493 e. The molecular weight excluding hydrogens is 483 g/mol. The first-order chi connectivity index (χ1) is 14.2. The van der Waals surface area contributed by atoms with Gasteiger partial charge in [-0.1, -0.05) is 6.07 Å². The second kappa shape index (κ2) is 7.51. The number of nitrogens with zero attached hydrogens (tertiary/aromatic N) is 4. The van der Waals surface area contributed by atoms with Gasteiger partial charge >= 0.3 is 0 Å². The highest BCUT2D eigenvalue weighted by atomic mass is 127. The molecule has 1 unspecified atom stereocenters. The van der Waals surface area contributed by atoms with E-state index in [-0.39, 0.29) is 6.10 Å². The molecule has 0 spiro atoms. The van der Waals surface area contributed by atoms with Gasteiger partial charge in [0.05, 0.1) is 20.0 Å². The Morgan fingerprint density at radius 3 is 3.00 bits per heavy atom. The van der Waals surface area contributed by atoms with E-state index in [1.165, 1.54) is 0 Å². The first-order valence-electron chi connectivity index (χ1n) is 9.08. The number of aromatic nitrogens is 4. The van der Waals surface area contributed by atoms with Crippen LogP contribution in [0.25, 0.3) is 11.2 Å². The molecule has 5 rings (SSSR count). The molecule has 4 heterocycles. The monoisotopic (exact) mass is 500 g/mol. The van der Waals surface area contributed by atoms with Gasteiger partial charge in [0.15, 0.2) is 23.3 Å². The predicted octanol–water partition coefficient (Wildman–Crippen LogP) is 4.00. The van der Waals surface area contributed by atoms with Crippen LogP contribution in [0.3, 0.4) is 0 Å². The van der Waals surface area contributed by atoms with E-state index in [1.54, 1.807) is 25.8 Å². The molecular formula is C21H17IN4O3. The molecule has 0 aliphatic carbocycles. The zero-order chi connectivity index (χ0) is 19.8. The van der Waals surface area contributed by atoms with E-state index < -0.39 is 0 Å². The van der Waals surface area contributed by atoms with Gasteiger partial charge in [-0.25, -0.2) is 9.97 Å². The maximum Gasteiger partial charge on any atom is 0.204 e. The summed E-state index contributed by atoms with van der Waals surface area (Å²) in [5.41, 5.74) is 3.70. The van der Waals surface area contributed by atoms with Crippen molar-refractivity contribution in [3.63, 3.8) is 0 Å². The Balaban J connectivity index is 1.46. The quantitative estimate of drug-likeness (QED) is 0.395.